The molecule has 0 aliphatic carbocycles. The van der Waals surface area contributed by atoms with E-state index in [1.807, 2.05) is 11.4 Å². The fraction of sp³-hybridized carbons (Fsp3) is 0.333. The second-order valence-electron chi connectivity index (χ2n) is 5.53. The minimum absolute atomic E-state index is 0.0569. The Morgan fingerprint density at radius 2 is 1.96 bits per heavy atom. The number of carbonyl (C=O) groups excluding carboxylic acids is 2. The van der Waals surface area contributed by atoms with Crippen molar-refractivity contribution in [3.05, 3.63) is 52.2 Å². The lowest BCUT2D eigenvalue weighted by Gasteiger charge is -2.18. The number of nitrogens with two attached hydrogens (primary N) is 1. The van der Waals surface area contributed by atoms with Crippen molar-refractivity contribution >= 4 is 28.8 Å². The fourth-order valence-electron chi connectivity index (χ4n) is 2.34. The molecule has 0 aliphatic heterocycles. The van der Waals surface area contributed by atoms with Gasteiger partial charge in [-0.05, 0) is 30.0 Å². The van der Waals surface area contributed by atoms with Crippen LogP contribution in [0.1, 0.15) is 46.2 Å². The van der Waals surface area contributed by atoms with E-state index in [2.05, 4.69) is 17.6 Å². The van der Waals surface area contributed by atoms with Crippen LogP contribution in [0.25, 0.3) is 0 Å². The zero-order valence-electron chi connectivity index (χ0n) is 13.7. The highest BCUT2D eigenvalue weighted by Gasteiger charge is 2.17. The highest BCUT2D eigenvalue weighted by Crippen LogP contribution is 2.18. The molecule has 1 aromatic heterocycles. The third-order valence-electron chi connectivity index (χ3n) is 3.69. The molecule has 4 N–H and O–H groups in total. The number of unbranched alkanes of at least 4 members (excludes halogenated alkanes) is 1. The third kappa shape index (κ3) is 4.91. The summed E-state index contributed by atoms with van der Waals surface area (Å²) in [5.41, 5.74) is 6.68. The molecule has 1 unspecified atom stereocenters. The largest absolute Gasteiger partial charge is 0.348 e. The summed E-state index contributed by atoms with van der Waals surface area (Å²) < 4.78 is 0. The van der Waals surface area contributed by atoms with Gasteiger partial charge in [0.1, 0.15) is 0 Å². The molecule has 0 saturated heterocycles. The first-order valence-electron chi connectivity index (χ1n) is 8.10. The van der Waals surface area contributed by atoms with Crippen LogP contribution in [0.4, 0.5) is 5.69 Å². The fourth-order valence-corrected chi connectivity index (χ4v) is 2.96. The van der Waals surface area contributed by atoms with Gasteiger partial charge in [0.15, 0.2) is 0 Å². The van der Waals surface area contributed by atoms with Crippen molar-refractivity contribution in [2.24, 2.45) is 5.73 Å². The lowest BCUT2D eigenvalue weighted by Crippen LogP contribution is -2.40. The van der Waals surface area contributed by atoms with Gasteiger partial charge in [-0.25, -0.2) is 0 Å². The summed E-state index contributed by atoms with van der Waals surface area (Å²) in [6.07, 6.45) is 2.92. The van der Waals surface area contributed by atoms with E-state index < -0.39 is 0 Å². The van der Waals surface area contributed by atoms with Crippen LogP contribution in [-0.2, 0) is 0 Å². The molecule has 1 atom stereocenters. The van der Waals surface area contributed by atoms with E-state index in [0.717, 1.165) is 19.3 Å². The highest BCUT2D eigenvalue weighted by molar-refractivity contribution is 7.12. The van der Waals surface area contributed by atoms with Gasteiger partial charge >= 0.3 is 0 Å². The van der Waals surface area contributed by atoms with Crippen LogP contribution < -0.4 is 16.4 Å². The maximum Gasteiger partial charge on any atom is 0.265 e. The number of para-hydroxylation sites is 1. The Balaban J connectivity index is 2.09. The number of rotatable bonds is 8. The maximum atomic E-state index is 12.6. The zero-order valence-corrected chi connectivity index (χ0v) is 14.6. The molecule has 0 saturated carbocycles. The van der Waals surface area contributed by atoms with Gasteiger partial charge in [0, 0.05) is 12.6 Å². The Labute approximate surface area is 146 Å². The van der Waals surface area contributed by atoms with E-state index >= 15 is 0 Å². The van der Waals surface area contributed by atoms with Crippen molar-refractivity contribution in [1.82, 2.24) is 5.32 Å². The molecule has 0 fully saturated rings. The van der Waals surface area contributed by atoms with Crippen LogP contribution in [0.2, 0.25) is 0 Å². The first-order valence-corrected chi connectivity index (χ1v) is 8.98. The van der Waals surface area contributed by atoms with Gasteiger partial charge in [-0.3, -0.25) is 9.59 Å². The van der Waals surface area contributed by atoms with Crippen LogP contribution in [0.15, 0.2) is 41.8 Å². The lowest BCUT2D eigenvalue weighted by molar-refractivity contribution is 0.0936. The Bertz CT molecular complexity index is 671. The van der Waals surface area contributed by atoms with Crippen LogP contribution in [0.3, 0.4) is 0 Å². The summed E-state index contributed by atoms with van der Waals surface area (Å²) in [5.74, 6) is -0.435. The molecule has 5 nitrogen and oxygen atoms in total. The predicted octanol–water partition coefficient (Wildman–Crippen LogP) is 3.25. The van der Waals surface area contributed by atoms with E-state index in [4.69, 9.17) is 5.73 Å². The molecular formula is C18H23N3O2S. The van der Waals surface area contributed by atoms with E-state index in [1.54, 1.807) is 30.3 Å². The third-order valence-corrected chi connectivity index (χ3v) is 4.56. The standard InChI is InChI=1S/C18H23N3O2S/c1-2-3-7-13(12-19)20-17(22)14-8-4-5-9-15(14)21-18(23)16-10-6-11-24-16/h4-6,8-11,13H,2-3,7,12,19H2,1H3,(H,20,22)(H,21,23). The number of anilines is 1. The normalized spacial score (nSPS) is 11.8. The second-order valence-corrected chi connectivity index (χ2v) is 6.47. The van der Waals surface area contributed by atoms with Gasteiger partial charge in [-0.15, -0.1) is 11.3 Å². The molecule has 2 amide bonds. The average Bonchev–Trinajstić information content (AvgIpc) is 3.13. The number of amides is 2. The number of carbonyl (C=O) groups is 2. The van der Waals surface area contributed by atoms with Crippen molar-refractivity contribution in [3.8, 4) is 0 Å². The Hall–Kier alpha value is -2.18. The molecule has 128 valence electrons. The summed E-state index contributed by atoms with van der Waals surface area (Å²) in [7, 11) is 0. The first-order chi connectivity index (χ1) is 11.7. The molecule has 1 aromatic carbocycles. The van der Waals surface area contributed by atoms with Crippen LogP contribution in [-0.4, -0.2) is 24.4 Å². The van der Waals surface area contributed by atoms with Crippen molar-refractivity contribution in [2.75, 3.05) is 11.9 Å². The number of nitrogens with one attached hydrogen (secondary N) is 2. The monoisotopic (exact) mass is 345 g/mol. The second kappa shape index (κ2) is 9.20. The SMILES string of the molecule is CCCCC(CN)NC(=O)c1ccccc1NC(=O)c1cccs1. The molecule has 0 bridgehead atoms. The number of thiophene rings is 1. The molecule has 6 heteroatoms. The highest BCUT2D eigenvalue weighted by atomic mass is 32.1. The van der Waals surface area contributed by atoms with Gasteiger partial charge in [0.2, 0.25) is 0 Å². The summed E-state index contributed by atoms with van der Waals surface area (Å²) in [4.78, 5) is 25.4. The quantitative estimate of drug-likeness (QED) is 0.686. The van der Waals surface area contributed by atoms with Crippen molar-refractivity contribution in [3.63, 3.8) is 0 Å². The van der Waals surface area contributed by atoms with Crippen molar-refractivity contribution in [1.29, 1.82) is 0 Å². The Morgan fingerprint density at radius 1 is 1.17 bits per heavy atom. The molecular weight excluding hydrogens is 322 g/mol. The molecule has 1 heterocycles. The van der Waals surface area contributed by atoms with Crippen molar-refractivity contribution < 1.29 is 9.59 Å². The average molecular weight is 345 g/mol. The minimum Gasteiger partial charge on any atom is -0.348 e. The lowest BCUT2D eigenvalue weighted by atomic mass is 10.1. The molecule has 0 radical (unpaired) electrons. The van der Waals surface area contributed by atoms with E-state index in [-0.39, 0.29) is 17.9 Å². The number of hydrogen-bond acceptors (Lipinski definition) is 4. The summed E-state index contributed by atoms with van der Waals surface area (Å²) in [6, 6.07) is 10.5. The summed E-state index contributed by atoms with van der Waals surface area (Å²) >= 11 is 1.36. The molecule has 24 heavy (non-hydrogen) atoms. The Kier molecular flexibility index (Phi) is 6.96. The first kappa shape index (κ1) is 18.2. The van der Waals surface area contributed by atoms with Crippen molar-refractivity contribution in [2.45, 2.75) is 32.2 Å². The smallest absolute Gasteiger partial charge is 0.265 e. The number of benzene rings is 1. The van der Waals surface area contributed by atoms with Crippen LogP contribution in [0.5, 0.6) is 0 Å². The molecule has 0 aliphatic rings. The topological polar surface area (TPSA) is 84.2 Å². The van der Waals surface area contributed by atoms with Gasteiger partial charge in [0.25, 0.3) is 11.8 Å². The number of hydrogen-bond donors (Lipinski definition) is 3. The van der Waals surface area contributed by atoms with Gasteiger partial charge in [0.05, 0.1) is 16.1 Å². The van der Waals surface area contributed by atoms with E-state index in [9.17, 15) is 9.59 Å². The predicted molar refractivity (Wildman–Crippen MR) is 98.5 cm³/mol. The van der Waals surface area contributed by atoms with Crippen LogP contribution in [0, 0.1) is 0 Å². The van der Waals surface area contributed by atoms with Gasteiger partial charge in [-0.1, -0.05) is 38.0 Å². The molecule has 2 rings (SSSR count). The van der Waals surface area contributed by atoms with E-state index in [0.29, 0.717) is 22.7 Å². The molecule has 0 spiro atoms. The van der Waals surface area contributed by atoms with Crippen LogP contribution >= 0.6 is 11.3 Å². The summed E-state index contributed by atoms with van der Waals surface area (Å²) in [5, 5.41) is 7.60. The molecule has 2 aromatic rings. The van der Waals surface area contributed by atoms with Gasteiger partial charge < -0.3 is 16.4 Å². The van der Waals surface area contributed by atoms with E-state index in [1.165, 1.54) is 11.3 Å². The Morgan fingerprint density at radius 3 is 2.62 bits per heavy atom. The zero-order chi connectivity index (χ0) is 17.4. The minimum atomic E-state index is -0.219. The van der Waals surface area contributed by atoms with Gasteiger partial charge in [-0.2, -0.15) is 0 Å². The summed E-state index contributed by atoms with van der Waals surface area (Å²) in [6.45, 7) is 2.50. The maximum absolute atomic E-state index is 12.6.